The Hall–Kier alpha value is -2.05. The molecule has 20 heavy (non-hydrogen) atoms. The third-order valence-electron chi connectivity index (χ3n) is 2.48. The smallest absolute Gasteiger partial charge is 0.235 e. The van der Waals surface area contributed by atoms with Crippen LogP contribution in [0.2, 0.25) is 0 Å². The van der Waals surface area contributed by atoms with E-state index in [1.165, 1.54) is 0 Å². The van der Waals surface area contributed by atoms with Crippen molar-refractivity contribution in [2.45, 2.75) is 0 Å². The number of ether oxygens (including phenoxy) is 1. The van der Waals surface area contributed by atoms with Crippen molar-refractivity contribution in [1.82, 2.24) is 0 Å². The fourth-order valence-corrected chi connectivity index (χ4v) is 2.44. The molecule has 0 saturated carbocycles. The second-order valence-electron chi connectivity index (χ2n) is 4.06. The summed E-state index contributed by atoms with van der Waals surface area (Å²) < 4.78 is 31.4. The fraction of sp³-hybridized carbons (Fsp3) is 0.143. The number of aliphatic hydroxyl groups is 1. The maximum absolute atomic E-state index is 11.7. The van der Waals surface area contributed by atoms with E-state index in [1.807, 2.05) is 18.2 Å². The van der Waals surface area contributed by atoms with Gasteiger partial charge in [-0.3, -0.25) is 4.72 Å². The van der Waals surface area contributed by atoms with Crippen LogP contribution in [-0.4, -0.2) is 25.9 Å². The van der Waals surface area contributed by atoms with Crippen molar-refractivity contribution < 1.29 is 18.3 Å². The Morgan fingerprint density at radius 1 is 1.00 bits per heavy atom. The van der Waals surface area contributed by atoms with Gasteiger partial charge in [0.15, 0.2) is 5.75 Å². The Balaban J connectivity index is 2.23. The van der Waals surface area contributed by atoms with Gasteiger partial charge in [-0.1, -0.05) is 30.3 Å². The number of anilines is 1. The van der Waals surface area contributed by atoms with Crippen molar-refractivity contribution in [3.63, 3.8) is 0 Å². The SMILES string of the molecule is O=S(=O)(CCO)Nc1ccccc1Oc1ccccc1. The van der Waals surface area contributed by atoms with Gasteiger partial charge >= 0.3 is 0 Å². The number of hydrogen-bond acceptors (Lipinski definition) is 4. The van der Waals surface area contributed by atoms with Crippen LogP contribution >= 0.6 is 0 Å². The molecular formula is C14H15NO4S. The molecular weight excluding hydrogens is 278 g/mol. The van der Waals surface area contributed by atoms with Gasteiger partial charge in [0.2, 0.25) is 10.0 Å². The first kappa shape index (κ1) is 14.4. The van der Waals surface area contributed by atoms with Crippen LogP contribution < -0.4 is 9.46 Å². The lowest BCUT2D eigenvalue weighted by Gasteiger charge is -2.12. The topological polar surface area (TPSA) is 75.6 Å². The van der Waals surface area contributed by atoms with E-state index in [-0.39, 0.29) is 5.75 Å². The molecule has 0 radical (unpaired) electrons. The predicted molar refractivity (Wildman–Crippen MR) is 77.5 cm³/mol. The Kier molecular flexibility index (Phi) is 4.60. The molecule has 0 aliphatic heterocycles. The first-order valence-corrected chi connectivity index (χ1v) is 7.69. The van der Waals surface area contributed by atoms with E-state index < -0.39 is 16.6 Å². The largest absolute Gasteiger partial charge is 0.455 e. The van der Waals surface area contributed by atoms with Gasteiger partial charge in [-0.15, -0.1) is 0 Å². The zero-order valence-electron chi connectivity index (χ0n) is 10.7. The van der Waals surface area contributed by atoms with Crippen LogP contribution in [0.4, 0.5) is 5.69 Å². The van der Waals surface area contributed by atoms with E-state index in [4.69, 9.17) is 9.84 Å². The minimum atomic E-state index is -3.58. The van der Waals surface area contributed by atoms with Gasteiger partial charge in [-0.05, 0) is 24.3 Å². The van der Waals surface area contributed by atoms with Crippen molar-refractivity contribution in [2.75, 3.05) is 17.1 Å². The monoisotopic (exact) mass is 293 g/mol. The summed E-state index contributed by atoms with van der Waals surface area (Å²) in [4.78, 5) is 0. The molecule has 2 rings (SSSR count). The number of rotatable bonds is 6. The van der Waals surface area contributed by atoms with Crippen molar-refractivity contribution in [2.24, 2.45) is 0 Å². The second-order valence-corrected chi connectivity index (χ2v) is 5.90. The Labute approximate surface area is 117 Å². The number of sulfonamides is 1. The molecule has 5 nitrogen and oxygen atoms in total. The lowest BCUT2D eigenvalue weighted by molar-refractivity contribution is 0.320. The van der Waals surface area contributed by atoms with Crippen LogP contribution in [0.1, 0.15) is 0 Å². The average Bonchev–Trinajstić information content (AvgIpc) is 2.42. The quantitative estimate of drug-likeness (QED) is 0.856. The summed E-state index contributed by atoms with van der Waals surface area (Å²) in [6.07, 6.45) is 0. The summed E-state index contributed by atoms with van der Waals surface area (Å²) in [6.45, 7) is -0.433. The maximum Gasteiger partial charge on any atom is 0.235 e. The van der Waals surface area contributed by atoms with E-state index in [1.54, 1.807) is 36.4 Å². The molecule has 0 saturated heterocycles. The molecule has 2 aromatic rings. The van der Waals surface area contributed by atoms with Crippen molar-refractivity contribution in [3.8, 4) is 11.5 Å². The van der Waals surface area contributed by atoms with E-state index in [0.29, 0.717) is 17.2 Å². The summed E-state index contributed by atoms with van der Waals surface area (Å²) in [7, 11) is -3.58. The molecule has 0 aliphatic rings. The van der Waals surface area contributed by atoms with Gasteiger partial charge < -0.3 is 9.84 Å². The highest BCUT2D eigenvalue weighted by atomic mass is 32.2. The van der Waals surface area contributed by atoms with E-state index >= 15 is 0 Å². The average molecular weight is 293 g/mol. The molecule has 0 bridgehead atoms. The van der Waals surface area contributed by atoms with Crippen molar-refractivity contribution >= 4 is 15.7 Å². The minimum Gasteiger partial charge on any atom is -0.455 e. The number of para-hydroxylation sites is 3. The molecule has 106 valence electrons. The van der Waals surface area contributed by atoms with Gasteiger partial charge in [0, 0.05) is 0 Å². The highest BCUT2D eigenvalue weighted by Gasteiger charge is 2.13. The molecule has 2 aromatic carbocycles. The van der Waals surface area contributed by atoms with Gasteiger partial charge in [0.1, 0.15) is 5.75 Å². The number of nitrogens with one attached hydrogen (secondary N) is 1. The third kappa shape index (κ3) is 3.97. The molecule has 2 N–H and O–H groups in total. The first-order chi connectivity index (χ1) is 9.61. The van der Waals surface area contributed by atoms with Crippen LogP contribution in [0, 0.1) is 0 Å². The van der Waals surface area contributed by atoms with Gasteiger partial charge in [0.05, 0.1) is 18.0 Å². The summed E-state index contributed by atoms with van der Waals surface area (Å²) >= 11 is 0. The Morgan fingerprint density at radius 2 is 1.65 bits per heavy atom. The summed E-state index contributed by atoms with van der Waals surface area (Å²) in [5.41, 5.74) is 0.338. The van der Waals surface area contributed by atoms with Crippen LogP contribution in [-0.2, 0) is 10.0 Å². The molecule has 0 aromatic heterocycles. The van der Waals surface area contributed by atoms with Crippen LogP contribution in [0.3, 0.4) is 0 Å². The lowest BCUT2D eigenvalue weighted by Crippen LogP contribution is -2.19. The second kappa shape index (κ2) is 6.40. The molecule has 6 heteroatoms. The lowest BCUT2D eigenvalue weighted by atomic mass is 10.3. The van der Waals surface area contributed by atoms with Crippen LogP contribution in [0.25, 0.3) is 0 Å². The van der Waals surface area contributed by atoms with Gasteiger partial charge in [0.25, 0.3) is 0 Å². The molecule has 0 unspecified atom stereocenters. The third-order valence-corrected chi connectivity index (χ3v) is 3.73. The van der Waals surface area contributed by atoms with E-state index in [9.17, 15) is 8.42 Å². The van der Waals surface area contributed by atoms with E-state index in [2.05, 4.69) is 4.72 Å². The fourth-order valence-electron chi connectivity index (χ4n) is 1.59. The predicted octanol–water partition coefficient (Wildman–Crippen LogP) is 2.21. The van der Waals surface area contributed by atoms with Gasteiger partial charge in [-0.2, -0.15) is 0 Å². The molecule has 0 heterocycles. The maximum atomic E-state index is 11.7. The normalized spacial score (nSPS) is 11.1. The number of hydrogen-bond donors (Lipinski definition) is 2. The molecule has 0 amide bonds. The summed E-state index contributed by atoms with van der Waals surface area (Å²) in [5, 5.41) is 8.73. The highest BCUT2D eigenvalue weighted by molar-refractivity contribution is 7.92. The zero-order chi connectivity index (χ0) is 14.4. The molecule has 0 aliphatic carbocycles. The molecule has 0 atom stereocenters. The van der Waals surface area contributed by atoms with E-state index in [0.717, 1.165) is 0 Å². The highest BCUT2D eigenvalue weighted by Crippen LogP contribution is 2.29. The molecule has 0 spiro atoms. The first-order valence-electron chi connectivity index (χ1n) is 6.04. The summed E-state index contributed by atoms with van der Waals surface area (Å²) in [5.74, 6) is 0.661. The molecule has 0 fully saturated rings. The zero-order valence-corrected chi connectivity index (χ0v) is 11.5. The van der Waals surface area contributed by atoms with Crippen molar-refractivity contribution in [1.29, 1.82) is 0 Å². The number of aliphatic hydroxyl groups excluding tert-OH is 1. The Morgan fingerprint density at radius 3 is 2.35 bits per heavy atom. The number of benzene rings is 2. The van der Waals surface area contributed by atoms with Crippen LogP contribution in [0.5, 0.6) is 11.5 Å². The van der Waals surface area contributed by atoms with Gasteiger partial charge in [-0.25, -0.2) is 8.42 Å². The summed E-state index contributed by atoms with van der Waals surface area (Å²) in [6, 6.07) is 15.8. The Bertz CT molecular complexity index is 656. The minimum absolute atomic E-state index is 0.338. The van der Waals surface area contributed by atoms with Crippen LogP contribution in [0.15, 0.2) is 54.6 Å². The standard InChI is InChI=1S/C14H15NO4S/c16-10-11-20(17,18)15-13-8-4-5-9-14(13)19-12-6-2-1-3-7-12/h1-9,15-16H,10-11H2. The van der Waals surface area contributed by atoms with Crippen molar-refractivity contribution in [3.05, 3.63) is 54.6 Å².